The lowest BCUT2D eigenvalue weighted by molar-refractivity contribution is -0.192. The van der Waals surface area contributed by atoms with Gasteiger partial charge in [-0.1, -0.05) is 24.3 Å². The van der Waals surface area contributed by atoms with E-state index in [0.717, 1.165) is 26.6 Å². The second-order valence-corrected chi connectivity index (χ2v) is 11.4. The molecule has 0 unspecified atom stereocenters. The Kier molecular flexibility index (Phi) is 7.58. The van der Waals surface area contributed by atoms with Crippen molar-refractivity contribution in [2.24, 2.45) is 0 Å². The highest BCUT2D eigenvalue weighted by molar-refractivity contribution is 7.91. The molecule has 1 saturated heterocycles. The van der Waals surface area contributed by atoms with E-state index in [1.807, 2.05) is 42.5 Å². The quantitative estimate of drug-likeness (QED) is 0.334. The zero-order chi connectivity index (χ0) is 27.7. The van der Waals surface area contributed by atoms with Crippen molar-refractivity contribution in [2.75, 3.05) is 12.3 Å². The summed E-state index contributed by atoms with van der Waals surface area (Å²) in [6.07, 6.45) is -2.99. The number of carboxylic acids is 1. The van der Waals surface area contributed by atoms with Gasteiger partial charge in [-0.25, -0.2) is 13.2 Å². The molecule has 1 amide bonds. The number of amides is 1. The number of anilines is 1. The van der Waals surface area contributed by atoms with Crippen LogP contribution in [0.25, 0.3) is 21.0 Å². The number of pyridine rings is 1. The lowest BCUT2D eigenvalue weighted by Gasteiger charge is -2.17. The van der Waals surface area contributed by atoms with Gasteiger partial charge in [0.2, 0.25) is 5.91 Å². The van der Waals surface area contributed by atoms with Crippen molar-refractivity contribution in [1.82, 2.24) is 14.6 Å². The number of benzene rings is 2. The van der Waals surface area contributed by atoms with Crippen LogP contribution in [0, 0.1) is 0 Å². The van der Waals surface area contributed by atoms with E-state index in [9.17, 15) is 26.4 Å². The average Bonchev–Trinajstić information content (AvgIpc) is 3.44. The van der Waals surface area contributed by atoms with Crippen LogP contribution in [0.1, 0.15) is 12.0 Å². The first-order chi connectivity index (χ1) is 17.8. The molecule has 1 aliphatic heterocycles. The number of hydrogen-bond acceptors (Lipinski definition) is 7. The van der Waals surface area contributed by atoms with Gasteiger partial charge in [0.25, 0.3) is 10.0 Å². The molecule has 0 spiro atoms. The molecule has 9 nitrogen and oxygen atoms in total. The first kappa shape index (κ1) is 27.3. The first-order valence-electron chi connectivity index (χ1n) is 11.1. The number of sulfonamides is 1. The molecule has 3 heterocycles. The fourth-order valence-electron chi connectivity index (χ4n) is 3.87. The standard InChI is InChI=1S/C22H20N4O3S2.C2HF3O2/c23-17-7-9-24-18-6-5-14(11-16(17)18)13-26-10-8-19(22(26)27)25-31(28,29)21-12-15-3-1-2-4-20(15)30-21;3-2(4,5)1(6)7/h1-7,9,11-12,19,25H,8,10,13H2,(H2,23,24);(H,6,7)/t19-;/m0./s1. The predicted molar refractivity (Wildman–Crippen MR) is 136 cm³/mol. The van der Waals surface area contributed by atoms with Gasteiger partial charge in [-0.15, -0.1) is 11.3 Å². The van der Waals surface area contributed by atoms with Crippen molar-refractivity contribution in [1.29, 1.82) is 0 Å². The number of halogens is 3. The molecular formula is C24H21F3N4O5S2. The minimum Gasteiger partial charge on any atom is -0.475 e. The number of likely N-dealkylation sites (tertiary alicyclic amines) is 1. The van der Waals surface area contributed by atoms with Crippen LogP contribution in [0.3, 0.4) is 0 Å². The molecule has 14 heteroatoms. The molecule has 1 fully saturated rings. The van der Waals surface area contributed by atoms with Crippen LogP contribution >= 0.6 is 11.3 Å². The van der Waals surface area contributed by atoms with E-state index >= 15 is 0 Å². The number of hydrogen-bond donors (Lipinski definition) is 3. The zero-order valence-electron chi connectivity index (χ0n) is 19.5. The number of nitrogen functional groups attached to an aromatic ring is 1. The van der Waals surface area contributed by atoms with Gasteiger partial charge in [-0.3, -0.25) is 9.78 Å². The van der Waals surface area contributed by atoms with Crippen LogP contribution in [0.5, 0.6) is 0 Å². The fraction of sp³-hybridized carbons (Fsp3) is 0.208. The van der Waals surface area contributed by atoms with Gasteiger partial charge in [0, 0.05) is 35.1 Å². The predicted octanol–water partition coefficient (Wildman–Crippen LogP) is 3.74. The molecule has 4 aromatic rings. The number of aliphatic carboxylic acids is 1. The third-order valence-corrected chi connectivity index (χ3v) is 8.78. The van der Waals surface area contributed by atoms with Crippen LogP contribution < -0.4 is 10.5 Å². The Bertz CT molecular complexity index is 1590. The smallest absolute Gasteiger partial charge is 0.475 e. The van der Waals surface area contributed by atoms with Gasteiger partial charge in [0.15, 0.2) is 0 Å². The summed E-state index contributed by atoms with van der Waals surface area (Å²) in [6, 6.07) is 15.8. The summed E-state index contributed by atoms with van der Waals surface area (Å²) in [7, 11) is -3.77. The van der Waals surface area contributed by atoms with E-state index in [2.05, 4.69) is 9.71 Å². The molecule has 1 aliphatic rings. The third kappa shape index (κ3) is 6.03. The Labute approximate surface area is 218 Å². The number of fused-ring (bicyclic) bond motifs is 2. The number of carbonyl (C=O) groups excluding carboxylic acids is 1. The average molecular weight is 567 g/mol. The molecule has 4 N–H and O–H groups in total. The topological polar surface area (TPSA) is 143 Å². The highest BCUT2D eigenvalue weighted by Crippen LogP contribution is 2.29. The summed E-state index contributed by atoms with van der Waals surface area (Å²) in [4.78, 5) is 27.7. The maximum Gasteiger partial charge on any atom is 0.490 e. The molecule has 0 saturated carbocycles. The zero-order valence-corrected chi connectivity index (χ0v) is 21.1. The van der Waals surface area contributed by atoms with E-state index in [-0.39, 0.29) is 10.1 Å². The Balaban J connectivity index is 0.000000426. The number of nitrogens with two attached hydrogens (primary N) is 1. The van der Waals surface area contributed by atoms with Crippen LogP contribution in [0.15, 0.2) is 65.0 Å². The molecular weight excluding hydrogens is 545 g/mol. The Morgan fingerprint density at radius 1 is 1.18 bits per heavy atom. The van der Waals surface area contributed by atoms with Crippen molar-refractivity contribution in [3.63, 3.8) is 0 Å². The summed E-state index contributed by atoms with van der Waals surface area (Å²) in [5.41, 5.74) is 8.39. The molecule has 0 bridgehead atoms. The van der Waals surface area contributed by atoms with Crippen LogP contribution in [-0.2, 0) is 26.2 Å². The number of thiophene rings is 1. The monoisotopic (exact) mass is 566 g/mol. The number of alkyl halides is 3. The van der Waals surface area contributed by atoms with Crippen LogP contribution in [0.4, 0.5) is 18.9 Å². The second-order valence-electron chi connectivity index (χ2n) is 8.38. The number of rotatable bonds is 5. The van der Waals surface area contributed by atoms with Gasteiger partial charge < -0.3 is 15.7 Å². The van der Waals surface area contributed by atoms with Crippen molar-refractivity contribution in [3.8, 4) is 0 Å². The SMILES string of the molecule is Nc1ccnc2ccc(CN3CC[C@H](NS(=O)(=O)c4cc5ccccc5s4)C3=O)cc12.O=C(O)C(F)(F)F. The molecule has 5 rings (SSSR count). The number of carboxylic acid groups (broad SMARTS) is 1. The number of nitrogens with one attached hydrogen (secondary N) is 1. The maximum atomic E-state index is 12.9. The summed E-state index contributed by atoms with van der Waals surface area (Å²) >= 11 is 1.20. The summed E-state index contributed by atoms with van der Waals surface area (Å²) in [5, 5.41) is 8.84. The molecule has 0 radical (unpaired) electrons. The van der Waals surface area contributed by atoms with E-state index in [1.54, 1.807) is 23.2 Å². The van der Waals surface area contributed by atoms with Gasteiger partial charge in [0.1, 0.15) is 10.3 Å². The minimum absolute atomic E-state index is 0.219. The molecule has 38 heavy (non-hydrogen) atoms. The summed E-state index contributed by atoms with van der Waals surface area (Å²) in [5.74, 6) is -2.98. The van der Waals surface area contributed by atoms with Crippen molar-refractivity contribution in [3.05, 3.63) is 66.4 Å². The minimum atomic E-state index is -5.08. The number of nitrogens with zero attached hydrogens (tertiary/aromatic N) is 2. The lowest BCUT2D eigenvalue weighted by Crippen LogP contribution is -2.41. The molecule has 2 aromatic heterocycles. The van der Waals surface area contributed by atoms with Gasteiger partial charge in [-0.05, 0) is 47.7 Å². The normalized spacial score (nSPS) is 16.0. The van der Waals surface area contributed by atoms with E-state index in [4.69, 9.17) is 15.6 Å². The number of carbonyl (C=O) groups is 2. The third-order valence-electron chi connectivity index (χ3n) is 5.72. The first-order valence-corrected chi connectivity index (χ1v) is 13.4. The molecule has 2 aromatic carbocycles. The van der Waals surface area contributed by atoms with E-state index in [1.165, 1.54) is 11.3 Å². The Morgan fingerprint density at radius 2 is 1.89 bits per heavy atom. The highest BCUT2D eigenvalue weighted by atomic mass is 32.2. The van der Waals surface area contributed by atoms with Crippen LogP contribution in [0.2, 0.25) is 0 Å². The molecule has 1 atom stereocenters. The van der Waals surface area contributed by atoms with E-state index in [0.29, 0.717) is 25.2 Å². The molecule has 0 aliphatic carbocycles. The largest absolute Gasteiger partial charge is 0.490 e. The summed E-state index contributed by atoms with van der Waals surface area (Å²) in [6.45, 7) is 0.878. The van der Waals surface area contributed by atoms with Crippen molar-refractivity contribution < 1.29 is 36.3 Å². The van der Waals surface area contributed by atoms with Crippen LogP contribution in [-0.4, -0.2) is 54.0 Å². The van der Waals surface area contributed by atoms with Crippen molar-refractivity contribution in [2.45, 2.75) is 29.4 Å². The molecule has 200 valence electrons. The van der Waals surface area contributed by atoms with Gasteiger partial charge >= 0.3 is 12.1 Å². The Morgan fingerprint density at radius 3 is 2.58 bits per heavy atom. The van der Waals surface area contributed by atoms with E-state index < -0.39 is 28.2 Å². The number of aromatic nitrogens is 1. The highest BCUT2D eigenvalue weighted by Gasteiger charge is 2.38. The Hall–Kier alpha value is -3.75. The maximum absolute atomic E-state index is 12.9. The fourth-order valence-corrected chi connectivity index (χ4v) is 6.51. The van der Waals surface area contributed by atoms with Crippen molar-refractivity contribution >= 4 is 59.9 Å². The van der Waals surface area contributed by atoms with Gasteiger partial charge in [0.05, 0.1) is 5.52 Å². The second kappa shape index (κ2) is 10.6. The summed E-state index contributed by atoms with van der Waals surface area (Å²) < 4.78 is 61.2. The lowest BCUT2D eigenvalue weighted by atomic mass is 10.1. The van der Waals surface area contributed by atoms with Gasteiger partial charge in [-0.2, -0.15) is 17.9 Å².